The van der Waals surface area contributed by atoms with Gasteiger partial charge in [0.15, 0.2) is 0 Å². The standard InChI is InChI=1S/C28H41NO/c1-22-10-9-13-23(18-22)11-4-5-14-26-27-20-24(19-25(27)21-28(26)30)12-3-2-6-15-29-16-7-8-17-29/h5,9-10,13-14,18-19,25-28,30H,2-4,6-8,11-12,15-17,20-21H2,1H3/b14-5+. The van der Waals surface area contributed by atoms with Crippen LogP contribution in [0.5, 0.6) is 0 Å². The summed E-state index contributed by atoms with van der Waals surface area (Å²) in [5.74, 6) is 1.62. The zero-order chi connectivity index (χ0) is 20.8. The summed E-state index contributed by atoms with van der Waals surface area (Å²) in [5, 5.41) is 10.6. The second kappa shape index (κ2) is 10.8. The maximum atomic E-state index is 10.6. The fourth-order valence-corrected chi connectivity index (χ4v) is 6.03. The fraction of sp³-hybridized carbons (Fsp3) is 0.643. The number of likely N-dealkylation sites (tertiary alicyclic amines) is 1. The topological polar surface area (TPSA) is 23.5 Å². The highest BCUT2D eigenvalue weighted by Gasteiger charge is 2.43. The molecular formula is C28H41NO. The van der Waals surface area contributed by atoms with E-state index in [1.54, 1.807) is 5.57 Å². The minimum Gasteiger partial charge on any atom is -0.392 e. The van der Waals surface area contributed by atoms with E-state index in [4.69, 9.17) is 0 Å². The Balaban J connectivity index is 1.17. The molecule has 0 amide bonds. The highest BCUT2D eigenvalue weighted by atomic mass is 16.3. The molecule has 4 atom stereocenters. The van der Waals surface area contributed by atoms with Gasteiger partial charge in [0, 0.05) is 5.92 Å². The molecule has 0 spiro atoms. The molecule has 0 bridgehead atoms. The Bertz CT molecular complexity index is 730. The normalized spacial score (nSPS) is 29.1. The third-order valence-electron chi connectivity index (χ3n) is 7.66. The molecule has 1 heterocycles. The van der Waals surface area contributed by atoms with Crippen LogP contribution in [0.15, 0.2) is 48.1 Å². The Labute approximate surface area is 184 Å². The number of allylic oxidation sites excluding steroid dienone is 3. The van der Waals surface area contributed by atoms with Crippen molar-refractivity contribution in [3.63, 3.8) is 0 Å². The van der Waals surface area contributed by atoms with Crippen LogP contribution in [0.1, 0.15) is 68.9 Å². The number of aliphatic hydroxyl groups excluding tert-OH is 1. The summed E-state index contributed by atoms with van der Waals surface area (Å²) in [6, 6.07) is 8.82. The number of aliphatic hydroxyl groups is 1. The van der Waals surface area contributed by atoms with Gasteiger partial charge >= 0.3 is 0 Å². The highest BCUT2D eigenvalue weighted by Crippen LogP contribution is 2.48. The Morgan fingerprint density at radius 1 is 1.10 bits per heavy atom. The molecule has 0 radical (unpaired) electrons. The number of hydrogen-bond donors (Lipinski definition) is 1. The zero-order valence-electron chi connectivity index (χ0n) is 18.9. The molecule has 4 rings (SSSR count). The van der Waals surface area contributed by atoms with Crippen LogP contribution in [0.25, 0.3) is 0 Å². The second-order valence-electron chi connectivity index (χ2n) is 10.1. The molecule has 1 saturated carbocycles. The molecule has 2 heteroatoms. The van der Waals surface area contributed by atoms with Gasteiger partial charge in [-0.15, -0.1) is 0 Å². The van der Waals surface area contributed by atoms with E-state index in [1.165, 1.54) is 75.7 Å². The van der Waals surface area contributed by atoms with E-state index in [0.717, 1.165) is 19.3 Å². The van der Waals surface area contributed by atoms with Crippen molar-refractivity contribution in [1.82, 2.24) is 4.90 Å². The SMILES string of the molecule is Cc1cccc(CC/C=C/C2C(O)CC3C=C(CCCCCN4CCCC4)CC32)c1. The van der Waals surface area contributed by atoms with Crippen molar-refractivity contribution in [2.75, 3.05) is 19.6 Å². The van der Waals surface area contributed by atoms with Crippen molar-refractivity contribution in [2.45, 2.75) is 77.2 Å². The van der Waals surface area contributed by atoms with Crippen LogP contribution in [-0.2, 0) is 6.42 Å². The number of rotatable bonds is 10. The average molecular weight is 408 g/mol. The van der Waals surface area contributed by atoms with Gasteiger partial charge in [0.25, 0.3) is 0 Å². The third-order valence-corrected chi connectivity index (χ3v) is 7.66. The molecule has 4 unspecified atom stereocenters. The number of hydrogen-bond acceptors (Lipinski definition) is 2. The number of aryl methyl sites for hydroxylation is 2. The van der Waals surface area contributed by atoms with Gasteiger partial charge in [-0.25, -0.2) is 0 Å². The van der Waals surface area contributed by atoms with Crippen molar-refractivity contribution < 1.29 is 5.11 Å². The van der Waals surface area contributed by atoms with Crippen LogP contribution in [0.2, 0.25) is 0 Å². The Morgan fingerprint density at radius 2 is 1.97 bits per heavy atom. The van der Waals surface area contributed by atoms with E-state index in [1.807, 2.05) is 0 Å². The molecule has 1 saturated heterocycles. The van der Waals surface area contributed by atoms with Crippen molar-refractivity contribution in [3.8, 4) is 0 Å². The molecule has 1 aromatic rings. The van der Waals surface area contributed by atoms with Crippen molar-refractivity contribution in [3.05, 3.63) is 59.2 Å². The lowest BCUT2D eigenvalue weighted by atomic mass is 9.88. The van der Waals surface area contributed by atoms with Gasteiger partial charge in [0.05, 0.1) is 6.10 Å². The molecule has 2 aliphatic carbocycles. The molecule has 1 aliphatic heterocycles. The van der Waals surface area contributed by atoms with Gasteiger partial charge in [-0.1, -0.05) is 60.1 Å². The molecule has 30 heavy (non-hydrogen) atoms. The van der Waals surface area contributed by atoms with Gasteiger partial charge in [-0.3, -0.25) is 0 Å². The van der Waals surface area contributed by atoms with E-state index in [0.29, 0.717) is 17.8 Å². The first-order chi connectivity index (χ1) is 14.7. The molecule has 164 valence electrons. The number of nitrogens with zero attached hydrogens (tertiary/aromatic N) is 1. The first-order valence-corrected chi connectivity index (χ1v) is 12.5. The smallest absolute Gasteiger partial charge is 0.0611 e. The maximum Gasteiger partial charge on any atom is 0.0611 e. The molecule has 3 aliphatic rings. The summed E-state index contributed by atoms with van der Waals surface area (Å²) in [6.45, 7) is 6.13. The fourth-order valence-electron chi connectivity index (χ4n) is 6.03. The van der Waals surface area contributed by atoms with Crippen LogP contribution in [0.4, 0.5) is 0 Å². The highest BCUT2D eigenvalue weighted by molar-refractivity contribution is 5.23. The zero-order valence-corrected chi connectivity index (χ0v) is 18.9. The molecule has 2 nitrogen and oxygen atoms in total. The predicted molar refractivity (Wildman–Crippen MR) is 127 cm³/mol. The largest absolute Gasteiger partial charge is 0.392 e. The summed E-state index contributed by atoms with van der Waals surface area (Å²) in [7, 11) is 0. The summed E-state index contributed by atoms with van der Waals surface area (Å²) in [6.07, 6.45) is 19.6. The Kier molecular flexibility index (Phi) is 7.84. The minimum atomic E-state index is -0.145. The van der Waals surface area contributed by atoms with Crippen LogP contribution < -0.4 is 0 Å². The lowest BCUT2D eigenvalue weighted by Crippen LogP contribution is -2.20. The van der Waals surface area contributed by atoms with Crippen LogP contribution >= 0.6 is 0 Å². The van der Waals surface area contributed by atoms with E-state index in [2.05, 4.69) is 54.3 Å². The monoisotopic (exact) mass is 407 g/mol. The number of unbranched alkanes of at least 4 members (excludes halogenated alkanes) is 2. The number of benzene rings is 1. The van der Waals surface area contributed by atoms with Crippen molar-refractivity contribution >= 4 is 0 Å². The number of fused-ring (bicyclic) bond motifs is 1. The first kappa shape index (κ1) is 21.8. The van der Waals surface area contributed by atoms with Gasteiger partial charge < -0.3 is 10.0 Å². The quantitative estimate of drug-likeness (QED) is 0.375. The van der Waals surface area contributed by atoms with E-state index < -0.39 is 0 Å². The van der Waals surface area contributed by atoms with Crippen molar-refractivity contribution in [1.29, 1.82) is 0 Å². The summed E-state index contributed by atoms with van der Waals surface area (Å²) in [5.41, 5.74) is 4.43. The van der Waals surface area contributed by atoms with Crippen LogP contribution in [0, 0.1) is 24.7 Å². The van der Waals surface area contributed by atoms with Crippen LogP contribution in [0.3, 0.4) is 0 Å². The minimum absolute atomic E-state index is 0.145. The lowest BCUT2D eigenvalue weighted by Gasteiger charge is -2.18. The van der Waals surface area contributed by atoms with Gasteiger partial charge in [0.2, 0.25) is 0 Å². The lowest BCUT2D eigenvalue weighted by molar-refractivity contribution is 0.141. The third kappa shape index (κ3) is 5.86. The maximum absolute atomic E-state index is 10.6. The van der Waals surface area contributed by atoms with Gasteiger partial charge in [-0.05, 0) is 102 Å². The Morgan fingerprint density at radius 3 is 2.80 bits per heavy atom. The van der Waals surface area contributed by atoms with E-state index in [9.17, 15) is 5.11 Å². The molecule has 2 fully saturated rings. The Hall–Kier alpha value is -1.38. The molecule has 0 aromatic heterocycles. The summed E-state index contributed by atoms with van der Waals surface area (Å²) < 4.78 is 0. The first-order valence-electron chi connectivity index (χ1n) is 12.5. The second-order valence-corrected chi connectivity index (χ2v) is 10.1. The predicted octanol–water partition coefficient (Wildman–Crippen LogP) is 6.08. The summed E-state index contributed by atoms with van der Waals surface area (Å²) >= 11 is 0. The molecule has 1 aromatic carbocycles. The molecule has 1 N–H and O–H groups in total. The van der Waals surface area contributed by atoms with Crippen molar-refractivity contribution in [2.24, 2.45) is 17.8 Å². The average Bonchev–Trinajstić information content (AvgIpc) is 3.43. The van der Waals surface area contributed by atoms with Crippen LogP contribution in [-0.4, -0.2) is 35.7 Å². The van der Waals surface area contributed by atoms with Gasteiger partial charge in [-0.2, -0.15) is 0 Å². The van der Waals surface area contributed by atoms with E-state index in [-0.39, 0.29) is 6.10 Å². The molecular weight excluding hydrogens is 366 g/mol. The van der Waals surface area contributed by atoms with Gasteiger partial charge in [0.1, 0.15) is 0 Å². The van der Waals surface area contributed by atoms with E-state index >= 15 is 0 Å². The summed E-state index contributed by atoms with van der Waals surface area (Å²) in [4.78, 5) is 2.64.